The van der Waals surface area contributed by atoms with E-state index in [4.69, 9.17) is 4.42 Å². The first kappa shape index (κ1) is 20.2. The van der Waals surface area contributed by atoms with Crippen molar-refractivity contribution in [3.8, 4) is 0 Å². The number of halogens is 1. The van der Waals surface area contributed by atoms with Gasteiger partial charge < -0.3 is 15.1 Å². The fourth-order valence-electron chi connectivity index (χ4n) is 1.39. The van der Waals surface area contributed by atoms with Crippen LogP contribution in [0.15, 0.2) is 27.8 Å². The lowest BCUT2D eigenvalue weighted by Gasteiger charge is -2.11. The van der Waals surface area contributed by atoms with E-state index in [1.165, 1.54) is 0 Å². The van der Waals surface area contributed by atoms with Gasteiger partial charge in [0.25, 0.3) is 0 Å². The Hall–Kier alpha value is -0.810. The molecule has 0 unspecified atom stereocenters. The second-order valence-corrected chi connectivity index (χ2v) is 6.09. The molecule has 0 aliphatic heterocycles. The molecule has 0 saturated heterocycles. The van der Waals surface area contributed by atoms with Crippen molar-refractivity contribution in [1.29, 1.82) is 0 Å². The van der Waals surface area contributed by atoms with Crippen LogP contribution in [0.3, 0.4) is 0 Å². The van der Waals surface area contributed by atoms with Gasteiger partial charge in [0.05, 0.1) is 12.0 Å². The quantitative estimate of drug-likeness (QED) is 0.247. The second-order valence-electron chi connectivity index (χ2n) is 4.00. The van der Waals surface area contributed by atoms with Crippen LogP contribution in [0.2, 0.25) is 0 Å². The number of sulfonamides is 1. The molecule has 0 aliphatic carbocycles. The molecule has 0 aromatic carbocycles. The summed E-state index contributed by atoms with van der Waals surface area (Å²) in [5.41, 5.74) is 0. The Bertz CT molecular complexity index is 503. The summed E-state index contributed by atoms with van der Waals surface area (Å²) < 4.78 is 30.2. The lowest BCUT2D eigenvalue weighted by Crippen LogP contribution is -2.41. The van der Waals surface area contributed by atoms with Crippen LogP contribution in [0.4, 0.5) is 0 Å². The molecule has 0 amide bonds. The fourth-order valence-corrected chi connectivity index (χ4v) is 2.01. The summed E-state index contributed by atoms with van der Waals surface area (Å²) in [6, 6.07) is 3.66. The van der Waals surface area contributed by atoms with Gasteiger partial charge in [0, 0.05) is 19.6 Å². The van der Waals surface area contributed by atoms with Gasteiger partial charge in [0.1, 0.15) is 12.3 Å². The molecule has 9 heteroatoms. The summed E-state index contributed by atoms with van der Waals surface area (Å²) in [5.74, 6) is 1.48. The molecule has 21 heavy (non-hydrogen) atoms. The number of hydrogen-bond donors (Lipinski definition) is 3. The van der Waals surface area contributed by atoms with Crippen LogP contribution in [0, 0.1) is 0 Å². The highest BCUT2D eigenvalue weighted by molar-refractivity contribution is 14.0. The van der Waals surface area contributed by atoms with Gasteiger partial charge in [0.2, 0.25) is 10.0 Å². The lowest BCUT2D eigenvalue weighted by atomic mass is 10.4. The van der Waals surface area contributed by atoms with Gasteiger partial charge in [-0.1, -0.05) is 0 Å². The summed E-state index contributed by atoms with van der Waals surface area (Å²) in [5, 5.41) is 6.13. The molecule has 1 aromatic heterocycles. The SMILES string of the molecule is CCNC(=NCc1ccco1)NCCNS(=O)(=O)CC.I. The van der Waals surface area contributed by atoms with Crippen LogP contribution in [-0.4, -0.2) is 39.8 Å². The first-order chi connectivity index (χ1) is 9.57. The van der Waals surface area contributed by atoms with E-state index in [2.05, 4.69) is 20.3 Å². The zero-order chi connectivity index (χ0) is 14.8. The van der Waals surface area contributed by atoms with Crippen LogP contribution in [0.25, 0.3) is 0 Å². The number of aliphatic imine (C=N–C) groups is 1. The van der Waals surface area contributed by atoms with E-state index in [9.17, 15) is 8.42 Å². The summed E-state index contributed by atoms with van der Waals surface area (Å²) in [7, 11) is -3.14. The first-order valence-electron chi connectivity index (χ1n) is 6.59. The Balaban J connectivity index is 0.00000400. The van der Waals surface area contributed by atoms with Crippen molar-refractivity contribution in [3.05, 3.63) is 24.2 Å². The van der Waals surface area contributed by atoms with Gasteiger partial charge in [-0.25, -0.2) is 18.1 Å². The molecule has 0 radical (unpaired) electrons. The smallest absolute Gasteiger partial charge is 0.211 e. The second kappa shape index (κ2) is 10.9. The topological polar surface area (TPSA) is 95.7 Å². The number of rotatable bonds is 8. The van der Waals surface area contributed by atoms with Crippen molar-refractivity contribution in [2.24, 2.45) is 4.99 Å². The van der Waals surface area contributed by atoms with Crippen molar-refractivity contribution in [3.63, 3.8) is 0 Å². The monoisotopic (exact) mass is 430 g/mol. The average molecular weight is 430 g/mol. The maximum Gasteiger partial charge on any atom is 0.211 e. The van der Waals surface area contributed by atoms with E-state index in [0.29, 0.717) is 25.6 Å². The highest BCUT2D eigenvalue weighted by Gasteiger charge is 2.05. The van der Waals surface area contributed by atoms with E-state index >= 15 is 0 Å². The molecule has 0 bridgehead atoms. The highest BCUT2D eigenvalue weighted by Crippen LogP contribution is 2.00. The van der Waals surface area contributed by atoms with Gasteiger partial charge in [-0.15, -0.1) is 24.0 Å². The molecule has 1 heterocycles. The predicted molar refractivity (Wildman–Crippen MR) is 94.4 cm³/mol. The standard InChI is InChI=1S/C12H22N4O3S.HI/c1-3-13-12(15-10-11-6-5-9-19-11)14-7-8-16-20(17,18)4-2;/h5-6,9,16H,3-4,7-8,10H2,1-2H3,(H2,13,14,15);1H. The van der Waals surface area contributed by atoms with Crippen molar-refractivity contribution < 1.29 is 12.8 Å². The minimum Gasteiger partial charge on any atom is -0.467 e. The number of furan rings is 1. The minimum atomic E-state index is -3.14. The Kier molecular flexibility index (Phi) is 10.4. The third kappa shape index (κ3) is 8.94. The number of nitrogens with one attached hydrogen (secondary N) is 3. The van der Waals surface area contributed by atoms with E-state index in [0.717, 1.165) is 12.3 Å². The first-order valence-corrected chi connectivity index (χ1v) is 8.24. The summed E-state index contributed by atoms with van der Waals surface area (Å²) in [4.78, 5) is 4.33. The molecule has 1 rings (SSSR count). The molecule has 122 valence electrons. The van der Waals surface area contributed by atoms with Gasteiger partial charge in [-0.3, -0.25) is 0 Å². The number of guanidine groups is 1. The predicted octanol–water partition coefficient (Wildman–Crippen LogP) is 0.892. The van der Waals surface area contributed by atoms with Gasteiger partial charge in [0.15, 0.2) is 5.96 Å². The van der Waals surface area contributed by atoms with Crippen LogP contribution >= 0.6 is 24.0 Å². The van der Waals surface area contributed by atoms with E-state index in [1.807, 2.05) is 19.1 Å². The maximum atomic E-state index is 11.3. The summed E-state index contributed by atoms with van der Waals surface area (Å²) >= 11 is 0. The zero-order valence-electron chi connectivity index (χ0n) is 12.3. The maximum absolute atomic E-state index is 11.3. The highest BCUT2D eigenvalue weighted by atomic mass is 127. The van der Waals surface area contributed by atoms with Crippen molar-refractivity contribution in [2.45, 2.75) is 20.4 Å². The van der Waals surface area contributed by atoms with Gasteiger partial charge >= 0.3 is 0 Å². The Morgan fingerprint density at radius 1 is 1.29 bits per heavy atom. The summed E-state index contributed by atoms with van der Waals surface area (Å²) in [6.07, 6.45) is 1.60. The van der Waals surface area contributed by atoms with Crippen molar-refractivity contribution >= 4 is 40.0 Å². The van der Waals surface area contributed by atoms with Crippen LogP contribution in [0.5, 0.6) is 0 Å². The molecular formula is C12H23IN4O3S. The van der Waals surface area contributed by atoms with Crippen LogP contribution in [-0.2, 0) is 16.6 Å². The molecule has 3 N–H and O–H groups in total. The molecular weight excluding hydrogens is 407 g/mol. The Morgan fingerprint density at radius 2 is 2.05 bits per heavy atom. The molecule has 0 fully saturated rings. The van der Waals surface area contributed by atoms with Crippen molar-refractivity contribution in [2.75, 3.05) is 25.4 Å². The summed E-state index contributed by atoms with van der Waals surface area (Å²) in [6.45, 7) is 5.51. The zero-order valence-corrected chi connectivity index (χ0v) is 15.4. The molecule has 0 aliphatic rings. The van der Waals surface area contributed by atoms with E-state index < -0.39 is 10.0 Å². The average Bonchev–Trinajstić information content (AvgIpc) is 2.94. The minimum absolute atomic E-state index is 0. The normalized spacial score (nSPS) is 11.8. The third-order valence-electron chi connectivity index (χ3n) is 2.44. The molecule has 0 saturated carbocycles. The third-order valence-corrected chi connectivity index (χ3v) is 3.84. The van der Waals surface area contributed by atoms with Gasteiger partial charge in [-0.05, 0) is 26.0 Å². The number of hydrogen-bond acceptors (Lipinski definition) is 4. The molecule has 1 aromatic rings. The molecule has 0 atom stereocenters. The van der Waals surface area contributed by atoms with Crippen molar-refractivity contribution in [1.82, 2.24) is 15.4 Å². The Morgan fingerprint density at radius 3 is 2.62 bits per heavy atom. The Labute approximate surface area is 143 Å². The van der Waals surface area contributed by atoms with Crippen LogP contribution in [0.1, 0.15) is 19.6 Å². The van der Waals surface area contributed by atoms with Crippen LogP contribution < -0.4 is 15.4 Å². The van der Waals surface area contributed by atoms with E-state index in [-0.39, 0.29) is 29.7 Å². The van der Waals surface area contributed by atoms with E-state index in [1.54, 1.807) is 13.2 Å². The fraction of sp³-hybridized carbons (Fsp3) is 0.583. The number of nitrogens with zero attached hydrogens (tertiary/aromatic N) is 1. The lowest BCUT2D eigenvalue weighted by molar-refractivity contribution is 0.512. The van der Waals surface area contributed by atoms with Gasteiger partial charge in [-0.2, -0.15) is 0 Å². The molecule has 0 spiro atoms. The molecule has 7 nitrogen and oxygen atoms in total. The largest absolute Gasteiger partial charge is 0.467 e.